The van der Waals surface area contributed by atoms with Crippen molar-refractivity contribution in [2.24, 2.45) is 0 Å². The predicted octanol–water partition coefficient (Wildman–Crippen LogP) is -0.241. The lowest BCUT2D eigenvalue weighted by atomic mass is 10.4. The number of carbonyl (C=O) groups excluding carboxylic acids is 1. The summed E-state index contributed by atoms with van der Waals surface area (Å²) in [5, 5.41) is 3.13. The van der Waals surface area contributed by atoms with Gasteiger partial charge in [-0.1, -0.05) is 0 Å². The van der Waals surface area contributed by atoms with Crippen molar-refractivity contribution in [3.63, 3.8) is 0 Å². The van der Waals surface area contributed by atoms with E-state index in [1.807, 2.05) is 0 Å². The molecule has 0 saturated carbocycles. The van der Waals surface area contributed by atoms with Gasteiger partial charge in [0, 0.05) is 26.2 Å². The highest BCUT2D eigenvalue weighted by Crippen LogP contribution is 1.96. The maximum atomic E-state index is 11.5. The molecule has 0 aromatic rings. The Morgan fingerprint density at radius 1 is 1.44 bits per heavy atom. The third-order valence-electron chi connectivity index (χ3n) is 2.15. The summed E-state index contributed by atoms with van der Waals surface area (Å²) in [6.07, 6.45) is -0.369. The maximum absolute atomic E-state index is 11.5. The van der Waals surface area contributed by atoms with E-state index in [1.165, 1.54) is 0 Å². The Hall–Kier alpha value is -1.37. The van der Waals surface area contributed by atoms with E-state index in [9.17, 15) is 9.70 Å². The van der Waals surface area contributed by atoms with Crippen LogP contribution in [-0.2, 0) is 9.57 Å². The monoisotopic (exact) mass is 232 g/mol. The normalized spacial score (nSPS) is 15.7. The lowest BCUT2D eigenvalue weighted by Gasteiger charge is -2.26. The van der Waals surface area contributed by atoms with E-state index in [4.69, 9.17) is 4.74 Å². The van der Waals surface area contributed by atoms with Gasteiger partial charge in [0.25, 0.3) is 6.54 Å². The Labute approximate surface area is 94.2 Å². The molecule has 1 amide bonds. The first-order valence-corrected chi connectivity index (χ1v) is 5.44. The molecule has 1 aliphatic heterocycles. The van der Waals surface area contributed by atoms with Crippen LogP contribution in [-0.4, -0.2) is 61.9 Å². The fourth-order valence-corrected chi connectivity index (χ4v) is 1.35. The Kier molecular flexibility index (Phi) is 5.55. The van der Waals surface area contributed by atoms with Gasteiger partial charge in [-0.25, -0.2) is 9.63 Å². The van der Waals surface area contributed by atoms with Crippen molar-refractivity contribution in [2.45, 2.75) is 6.92 Å². The molecule has 16 heavy (non-hydrogen) atoms. The van der Waals surface area contributed by atoms with Crippen LogP contribution in [0, 0.1) is 4.91 Å². The van der Waals surface area contributed by atoms with Crippen LogP contribution in [0.2, 0.25) is 0 Å². The van der Waals surface area contributed by atoms with E-state index in [-0.39, 0.29) is 19.2 Å². The summed E-state index contributed by atoms with van der Waals surface area (Å²) in [5.74, 6) is 0. The van der Waals surface area contributed by atoms with Crippen LogP contribution < -0.4 is 5.32 Å². The highest BCUT2D eigenvalue weighted by molar-refractivity contribution is 5.67. The third-order valence-corrected chi connectivity index (χ3v) is 2.15. The van der Waals surface area contributed by atoms with Gasteiger partial charge >= 0.3 is 6.09 Å². The average molecular weight is 232 g/mol. The molecular formula is C9H18N3O4+. The molecule has 0 radical (unpaired) electrons. The first-order valence-electron chi connectivity index (χ1n) is 5.44. The van der Waals surface area contributed by atoms with Crippen LogP contribution in [0.3, 0.4) is 0 Å². The number of ether oxygens (including phenoxy) is 1. The van der Waals surface area contributed by atoms with Gasteiger partial charge < -0.3 is 15.0 Å². The van der Waals surface area contributed by atoms with Gasteiger partial charge in [0.1, 0.15) is 0 Å². The number of carbonyl (C=O) groups is 1. The molecule has 0 aliphatic carbocycles. The minimum absolute atomic E-state index is 0.0334. The lowest BCUT2D eigenvalue weighted by molar-refractivity contribution is -0.802. The van der Waals surface area contributed by atoms with E-state index in [2.05, 4.69) is 10.2 Å². The molecule has 1 saturated heterocycles. The predicted molar refractivity (Wildman–Crippen MR) is 55.9 cm³/mol. The standard InChI is InChI=1S/C9H18N3O4/c1-2-16-12(14)7-8-15-9(13)11-5-3-10-4-6-11/h10H,2-8H2,1H3/q+1. The zero-order valence-corrected chi connectivity index (χ0v) is 9.48. The van der Waals surface area contributed by atoms with E-state index in [1.54, 1.807) is 11.8 Å². The minimum Gasteiger partial charge on any atom is -0.442 e. The number of nitrogens with zero attached hydrogens (tertiary/aromatic N) is 2. The molecule has 0 unspecified atom stereocenters. The SMILES string of the molecule is CCO[N+](=O)CCOC(=O)N1CCNCC1. The molecule has 92 valence electrons. The van der Waals surface area contributed by atoms with E-state index >= 15 is 0 Å². The molecule has 1 heterocycles. The molecule has 1 rings (SSSR count). The average Bonchev–Trinajstić information content (AvgIpc) is 2.30. The Morgan fingerprint density at radius 3 is 2.75 bits per heavy atom. The second-order valence-corrected chi connectivity index (χ2v) is 3.33. The summed E-state index contributed by atoms with van der Waals surface area (Å²) in [4.78, 5) is 29.0. The number of amides is 1. The summed E-state index contributed by atoms with van der Waals surface area (Å²) in [7, 11) is 0. The summed E-state index contributed by atoms with van der Waals surface area (Å²) in [6.45, 7) is 4.96. The van der Waals surface area contributed by atoms with Crippen LogP contribution in [0.25, 0.3) is 0 Å². The second kappa shape index (κ2) is 7.00. The largest absolute Gasteiger partial charge is 0.442 e. The topological polar surface area (TPSA) is 70.9 Å². The highest BCUT2D eigenvalue weighted by Gasteiger charge is 2.18. The van der Waals surface area contributed by atoms with Crippen molar-refractivity contribution in [3.8, 4) is 0 Å². The molecule has 0 aromatic heterocycles. The van der Waals surface area contributed by atoms with Gasteiger partial charge in [-0.05, 0) is 6.92 Å². The third kappa shape index (κ3) is 4.43. The van der Waals surface area contributed by atoms with Crippen LogP contribution >= 0.6 is 0 Å². The second-order valence-electron chi connectivity index (χ2n) is 3.33. The number of rotatable bonds is 5. The molecule has 7 nitrogen and oxygen atoms in total. The minimum atomic E-state index is -0.369. The summed E-state index contributed by atoms with van der Waals surface area (Å²) >= 11 is 0. The molecule has 0 spiro atoms. The smallest absolute Gasteiger partial charge is 0.410 e. The molecule has 1 N–H and O–H groups in total. The van der Waals surface area contributed by atoms with E-state index in [0.717, 1.165) is 13.1 Å². The van der Waals surface area contributed by atoms with Crippen molar-refractivity contribution in [3.05, 3.63) is 4.91 Å². The highest BCUT2D eigenvalue weighted by atomic mass is 16.8. The molecule has 0 bridgehead atoms. The molecule has 1 fully saturated rings. The van der Waals surface area contributed by atoms with Gasteiger partial charge in [0.05, 0.1) is 4.91 Å². The summed E-state index contributed by atoms with van der Waals surface area (Å²) in [6, 6.07) is 0. The maximum Gasteiger partial charge on any atom is 0.410 e. The van der Waals surface area contributed by atoms with Crippen LogP contribution in [0.4, 0.5) is 4.79 Å². The zero-order chi connectivity index (χ0) is 11.8. The van der Waals surface area contributed by atoms with Crippen LogP contribution in [0.5, 0.6) is 0 Å². The number of hydrogen-bond donors (Lipinski definition) is 1. The Bertz CT molecular complexity index is 241. The molecule has 7 heteroatoms. The molecule has 0 aromatic carbocycles. The van der Waals surface area contributed by atoms with Crippen LogP contribution in [0.1, 0.15) is 6.92 Å². The fraction of sp³-hybridized carbons (Fsp3) is 0.889. The van der Waals surface area contributed by atoms with Crippen LogP contribution in [0.15, 0.2) is 0 Å². The van der Waals surface area contributed by atoms with Crippen molar-refractivity contribution < 1.29 is 19.3 Å². The Balaban J connectivity index is 2.12. The summed E-state index contributed by atoms with van der Waals surface area (Å²) in [5.41, 5.74) is 0. The first-order chi connectivity index (χ1) is 7.74. The molecule has 0 atom stereocenters. The molecular weight excluding hydrogens is 214 g/mol. The van der Waals surface area contributed by atoms with Gasteiger partial charge in [-0.2, -0.15) is 0 Å². The molecule has 1 aliphatic rings. The van der Waals surface area contributed by atoms with E-state index < -0.39 is 0 Å². The fourth-order valence-electron chi connectivity index (χ4n) is 1.35. The van der Waals surface area contributed by atoms with Gasteiger partial charge in [0.15, 0.2) is 13.2 Å². The van der Waals surface area contributed by atoms with E-state index in [0.29, 0.717) is 24.6 Å². The van der Waals surface area contributed by atoms with Crippen molar-refractivity contribution >= 4 is 6.09 Å². The first kappa shape index (κ1) is 12.7. The van der Waals surface area contributed by atoms with Crippen molar-refractivity contribution in [2.75, 3.05) is 45.9 Å². The van der Waals surface area contributed by atoms with Crippen molar-refractivity contribution in [1.29, 1.82) is 0 Å². The lowest BCUT2D eigenvalue weighted by Crippen LogP contribution is -2.46. The van der Waals surface area contributed by atoms with Gasteiger partial charge in [0.2, 0.25) is 4.92 Å². The van der Waals surface area contributed by atoms with Crippen molar-refractivity contribution in [1.82, 2.24) is 10.2 Å². The number of piperazine rings is 1. The summed E-state index contributed by atoms with van der Waals surface area (Å²) < 4.78 is 4.94. The Morgan fingerprint density at radius 2 is 2.12 bits per heavy atom. The quantitative estimate of drug-likeness (QED) is 0.662. The zero-order valence-electron chi connectivity index (χ0n) is 9.48. The van der Waals surface area contributed by atoms with Gasteiger partial charge in [-0.3, -0.25) is 0 Å². The number of nitrogens with one attached hydrogen (secondary N) is 1. The number of hydrogen-bond acceptors (Lipinski definition) is 5. The van der Waals surface area contributed by atoms with Gasteiger partial charge in [-0.15, -0.1) is 0 Å².